The van der Waals surface area contributed by atoms with Crippen molar-refractivity contribution in [1.82, 2.24) is 9.97 Å². The van der Waals surface area contributed by atoms with E-state index in [0.29, 0.717) is 12.5 Å². The molecule has 2 rings (SSSR count). The Hall–Kier alpha value is -1.84. The van der Waals surface area contributed by atoms with E-state index >= 15 is 0 Å². The van der Waals surface area contributed by atoms with E-state index in [-0.39, 0.29) is 11.4 Å². The van der Waals surface area contributed by atoms with Crippen molar-refractivity contribution in [2.75, 3.05) is 12.3 Å². The van der Waals surface area contributed by atoms with Gasteiger partial charge in [0.15, 0.2) is 0 Å². The molecule has 4 nitrogen and oxygen atoms in total. The van der Waals surface area contributed by atoms with Crippen molar-refractivity contribution < 1.29 is 4.74 Å². The second-order valence-electron chi connectivity index (χ2n) is 6.19. The van der Waals surface area contributed by atoms with Gasteiger partial charge in [-0.3, -0.25) is 0 Å². The van der Waals surface area contributed by atoms with Crippen molar-refractivity contribution >= 4 is 12.0 Å². The molecule has 0 saturated carbocycles. The molecule has 1 heterocycles. The molecule has 0 bridgehead atoms. The summed E-state index contributed by atoms with van der Waals surface area (Å²) in [6.07, 6.45) is 7.85. The summed E-state index contributed by atoms with van der Waals surface area (Å²) in [5.41, 5.74) is 9.61. The first kappa shape index (κ1) is 15.5. The van der Waals surface area contributed by atoms with Gasteiger partial charge in [0.05, 0.1) is 12.3 Å². The van der Waals surface area contributed by atoms with Crippen LogP contribution in [-0.4, -0.2) is 16.6 Å². The molecule has 4 heteroatoms. The molecule has 0 fully saturated rings. The van der Waals surface area contributed by atoms with Crippen LogP contribution in [0.3, 0.4) is 0 Å². The van der Waals surface area contributed by atoms with E-state index in [9.17, 15) is 0 Å². The Labute approximate surface area is 127 Å². The summed E-state index contributed by atoms with van der Waals surface area (Å²) in [4.78, 5) is 8.31. The number of anilines is 1. The molecule has 1 aromatic rings. The minimum Gasteiger partial charge on any atom is -0.478 e. The van der Waals surface area contributed by atoms with Gasteiger partial charge in [-0.2, -0.15) is 4.98 Å². The standard InChI is InChI=1S/C17H25N3O/c1-5-21-15-11-13(19-16(18)20-15)8-9-14-12(2)7-6-10-17(14,3)4/h8-9,11H,5-7,10H2,1-4H3,(H2,18,19,20)/b9-8+. The summed E-state index contributed by atoms with van der Waals surface area (Å²) in [6, 6.07) is 1.82. The molecule has 0 unspecified atom stereocenters. The number of nitrogens with zero attached hydrogens (tertiary/aromatic N) is 2. The van der Waals surface area contributed by atoms with Crippen LogP contribution in [-0.2, 0) is 0 Å². The largest absolute Gasteiger partial charge is 0.478 e. The van der Waals surface area contributed by atoms with Crippen LogP contribution in [0.1, 0.15) is 52.7 Å². The average Bonchev–Trinajstić information content (AvgIpc) is 2.37. The van der Waals surface area contributed by atoms with Crippen LogP contribution >= 0.6 is 0 Å². The average molecular weight is 287 g/mol. The van der Waals surface area contributed by atoms with Crippen LogP contribution in [0.5, 0.6) is 5.88 Å². The van der Waals surface area contributed by atoms with E-state index in [0.717, 1.165) is 5.69 Å². The van der Waals surface area contributed by atoms with Crippen molar-refractivity contribution in [1.29, 1.82) is 0 Å². The summed E-state index contributed by atoms with van der Waals surface area (Å²) in [5.74, 6) is 0.771. The van der Waals surface area contributed by atoms with Crippen molar-refractivity contribution in [2.45, 2.75) is 47.0 Å². The summed E-state index contributed by atoms with van der Waals surface area (Å²) in [6.45, 7) is 9.31. The first-order valence-electron chi connectivity index (χ1n) is 7.58. The lowest BCUT2D eigenvalue weighted by molar-refractivity contribution is 0.326. The fraction of sp³-hybridized carbons (Fsp3) is 0.529. The topological polar surface area (TPSA) is 61.0 Å². The molecular weight excluding hydrogens is 262 g/mol. The second-order valence-corrected chi connectivity index (χ2v) is 6.19. The van der Waals surface area contributed by atoms with E-state index in [2.05, 4.69) is 36.8 Å². The molecule has 0 atom stereocenters. The van der Waals surface area contributed by atoms with Crippen molar-refractivity contribution in [3.05, 3.63) is 29.0 Å². The Morgan fingerprint density at radius 2 is 2.10 bits per heavy atom. The van der Waals surface area contributed by atoms with E-state index < -0.39 is 0 Å². The number of allylic oxidation sites excluding steroid dienone is 3. The first-order valence-corrected chi connectivity index (χ1v) is 7.58. The third-order valence-corrected chi connectivity index (χ3v) is 4.00. The van der Waals surface area contributed by atoms with Crippen molar-refractivity contribution in [2.24, 2.45) is 5.41 Å². The monoisotopic (exact) mass is 287 g/mol. The smallest absolute Gasteiger partial charge is 0.223 e. The molecule has 0 radical (unpaired) electrons. The quantitative estimate of drug-likeness (QED) is 0.909. The second kappa shape index (κ2) is 6.29. The first-order chi connectivity index (χ1) is 9.92. The summed E-state index contributed by atoms with van der Waals surface area (Å²) in [7, 11) is 0. The third kappa shape index (κ3) is 3.84. The van der Waals surface area contributed by atoms with Gasteiger partial charge in [0.1, 0.15) is 0 Å². The van der Waals surface area contributed by atoms with Gasteiger partial charge >= 0.3 is 0 Å². The Morgan fingerprint density at radius 1 is 1.33 bits per heavy atom. The third-order valence-electron chi connectivity index (χ3n) is 4.00. The number of hydrogen-bond donors (Lipinski definition) is 1. The van der Waals surface area contributed by atoms with Crippen LogP contribution in [0.4, 0.5) is 5.95 Å². The molecule has 1 aliphatic rings. The highest BCUT2D eigenvalue weighted by atomic mass is 16.5. The Balaban J connectivity index is 2.28. The molecule has 1 aromatic heterocycles. The van der Waals surface area contributed by atoms with Gasteiger partial charge in [0.25, 0.3) is 0 Å². The van der Waals surface area contributed by atoms with Crippen LogP contribution in [0.25, 0.3) is 6.08 Å². The molecule has 0 saturated heterocycles. The summed E-state index contributed by atoms with van der Waals surface area (Å²) >= 11 is 0. The van der Waals surface area contributed by atoms with Gasteiger partial charge < -0.3 is 10.5 Å². The van der Waals surface area contributed by atoms with E-state index in [1.165, 1.54) is 30.4 Å². The normalized spacial score (nSPS) is 18.3. The van der Waals surface area contributed by atoms with Gasteiger partial charge in [-0.1, -0.05) is 25.5 Å². The minimum atomic E-state index is 0.222. The highest BCUT2D eigenvalue weighted by Crippen LogP contribution is 2.40. The predicted octanol–water partition coefficient (Wildman–Crippen LogP) is 4.00. The van der Waals surface area contributed by atoms with Gasteiger partial charge in [0, 0.05) is 6.07 Å². The maximum absolute atomic E-state index is 5.73. The molecule has 0 aliphatic heterocycles. The number of ether oxygens (including phenoxy) is 1. The zero-order valence-corrected chi connectivity index (χ0v) is 13.4. The van der Waals surface area contributed by atoms with Gasteiger partial charge in [-0.25, -0.2) is 4.98 Å². The molecular formula is C17H25N3O. The molecule has 1 aliphatic carbocycles. The lowest BCUT2D eigenvalue weighted by atomic mass is 9.72. The Bertz CT molecular complexity index is 573. The molecule has 21 heavy (non-hydrogen) atoms. The molecule has 0 amide bonds. The minimum absolute atomic E-state index is 0.222. The highest BCUT2D eigenvalue weighted by Gasteiger charge is 2.26. The van der Waals surface area contributed by atoms with Crippen LogP contribution in [0.15, 0.2) is 23.3 Å². The fourth-order valence-electron chi connectivity index (χ4n) is 2.95. The molecule has 2 N–H and O–H groups in total. The zero-order chi connectivity index (χ0) is 15.5. The number of rotatable bonds is 4. The molecule has 114 valence electrons. The maximum atomic E-state index is 5.73. The maximum Gasteiger partial charge on any atom is 0.223 e. The van der Waals surface area contributed by atoms with Crippen LogP contribution in [0, 0.1) is 5.41 Å². The SMILES string of the molecule is CCOc1cc(/C=C/C2=C(C)CCCC2(C)C)nc(N)n1. The van der Waals surface area contributed by atoms with Gasteiger partial charge in [-0.15, -0.1) is 0 Å². The number of aromatic nitrogens is 2. The van der Waals surface area contributed by atoms with E-state index in [4.69, 9.17) is 10.5 Å². The predicted molar refractivity (Wildman–Crippen MR) is 87.0 cm³/mol. The summed E-state index contributed by atoms with van der Waals surface area (Å²) < 4.78 is 5.40. The highest BCUT2D eigenvalue weighted by molar-refractivity contribution is 5.53. The lowest BCUT2D eigenvalue weighted by Gasteiger charge is -2.32. The van der Waals surface area contributed by atoms with Crippen LogP contribution in [0.2, 0.25) is 0 Å². The van der Waals surface area contributed by atoms with E-state index in [1.54, 1.807) is 0 Å². The molecule has 0 aromatic carbocycles. The zero-order valence-electron chi connectivity index (χ0n) is 13.4. The van der Waals surface area contributed by atoms with Crippen molar-refractivity contribution in [3.63, 3.8) is 0 Å². The fourth-order valence-corrected chi connectivity index (χ4v) is 2.95. The number of nitrogens with two attached hydrogens (primary N) is 1. The molecule has 0 spiro atoms. The van der Waals surface area contributed by atoms with Crippen LogP contribution < -0.4 is 10.5 Å². The Morgan fingerprint density at radius 3 is 2.76 bits per heavy atom. The lowest BCUT2D eigenvalue weighted by Crippen LogP contribution is -2.19. The van der Waals surface area contributed by atoms with Gasteiger partial charge in [0.2, 0.25) is 11.8 Å². The van der Waals surface area contributed by atoms with Gasteiger partial charge in [-0.05, 0) is 50.2 Å². The number of hydrogen-bond acceptors (Lipinski definition) is 4. The van der Waals surface area contributed by atoms with Crippen molar-refractivity contribution in [3.8, 4) is 5.88 Å². The summed E-state index contributed by atoms with van der Waals surface area (Å²) in [5, 5.41) is 0. The van der Waals surface area contributed by atoms with E-state index in [1.807, 2.05) is 19.1 Å². The Kier molecular flexibility index (Phi) is 4.66. The number of nitrogen functional groups attached to an aromatic ring is 1.